The van der Waals surface area contributed by atoms with E-state index < -0.39 is 0 Å². The van der Waals surface area contributed by atoms with Crippen LogP contribution in [0.3, 0.4) is 0 Å². The van der Waals surface area contributed by atoms with Gasteiger partial charge in [0.2, 0.25) is 0 Å². The molecule has 0 aliphatic carbocycles. The van der Waals surface area contributed by atoms with Gasteiger partial charge in [-0.1, -0.05) is 55.1 Å². The van der Waals surface area contributed by atoms with E-state index in [0.29, 0.717) is 11.2 Å². The lowest BCUT2D eigenvalue weighted by molar-refractivity contribution is 0.673. The summed E-state index contributed by atoms with van der Waals surface area (Å²) in [6, 6.07) is 12.1. The fourth-order valence-corrected chi connectivity index (χ4v) is 4.05. The van der Waals surface area contributed by atoms with E-state index >= 15 is 0 Å². The molecule has 0 amide bonds. The summed E-state index contributed by atoms with van der Waals surface area (Å²) in [6.07, 6.45) is 1.74. The molecule has 2 aromatic heterocycles. The maximum atomic E-state index is 12.7. The second kappa shape index (κ2) is 6.50. The Hall–Kier alpha value is -1.85. The van der Waals surface area contributed by atoms with Gasteiger partial charge >= 0.3 is 0 Å². The quantitative estimate of drug-likeness (QED) is 0.395. The summed E-state index contributed by atoms with van der Waals surface area (Å²) in [5, 5.41) is 0.761. The molecule has 0 bridgehead atoms. The molecule has 0 spiro atoms. The van der Waals surface area contributed by atoms with Crippen molar-refractivity contribution in [3.8, 4) is 10.4 Å². The van der Waals surface area contributed by atoms with Crippen LogP contribution in [-0.4, -0.2) is 15.3 Å². The molecule has 0 radical (unpaired) electrons. The Morgan fingerprint density at radius 2 is 2.14 bits per heavy atom. The van der Waals surface area contributed by atoms with Crippen LogP contribution in [0.15, 0.2) is 59.0 Å². The highest BCUT2D eigenvalue weighted by Crippen LogP contribution is 2.31. The molecule has 3 nitrogen and oxygen atoms in total. The van der Waals surface area contributed by atoms with Crippen LogP contribution in [0.2, 0.25) is 0 Å². The van der Waals surface area contributed by atoms with E-state index in [1.54, 1.807) is 22.4 Å². The summed E-state index contributed by atoms with van der Waals surface area (Å²) in [5.74, 6) is 0.880. The monoisotopic (exact) mass is 328 g/mol. The number of fused-ring (bicyclic) bond motifs is 1. The number of aromatic nitrogens is 2. The van der Waals surface area contributed by atoms with Gasteiger partial charge in [-0.25, -0.2) is 4.98 Å². The van der Waals surface area contributed by atoms with Crippen LogP contribution in [0.5, 0.6) is 0 Å². The number of hydrogen-bond donors (Lipinski definition) is 0. The largest absolute Gasteiger partial charge is 0.283 e. The van der Waals surface area contributed by atoms with E-state index in [9.17, 15) is 4.79 Å². The number of benzene rings is 1. The van der Waals surface area contributed by atoms with Gasteiger partial charge < -0.3 is 0 Å². The molecule has 0 N–H and O–H groups in total. The maximum Gasteiger partial charge on any atom is 0.272 e. The highest BCUT2D eigenvalue weighted by atomic mass is 32.2. The first-order valence-electron chi connectivity index (χ1n) is 7.08. The first kappa shape index (κ1) is 15.1. The van der Waals surface area contributed by atoms with Crippen molar-refractivity contribution >= 4 is 33.3 Å². The van der Waals surface area contributed by atoms with Crippen LogP contribution in [-0.2, 0) is 6.54 Å². The minimum Gasteiger partial charge on any atom is -0.283 e. The Kier molecular flexibility index (Phi) is 4.45. The Bertz CT molecular complexity index is 865. The molecule has 22 heavy (non-hydrogen) atoms. The highest BCUT2D eigenvalue weighted by molar-refractivity contribution is 7.99. The van der Waals surface area contributed by atoms with Crippen molar-refractivity contribution < 1.29 is 0 Å². The number of nitrogens with zero attached hydrogens (tertiary/aromatic N) is 2. The van der Waals surface area contributed by atoms with Gasteiger partial charge in [0.05, 0.1) is 5.52 Å². The first-order chi connectivity index (χ1) is 10.7. The van der Waals surface area contributed by atoms with Crippen LogP contribution < -0.4 is 5.56 Å². The lowest BCUT2D eigenvalue weighted by atomic mass is 10.2. The molecule has 2 heterocycles. The zero-order valence-corrected chi connectivity index (χ0v) is 13.9. The molecule has 1 aromatic carbocycles. The number of thiophene rings is 1. The van der Waals surface area contributed by atoms with E-state index in [0.717, 1.165) is 26.9 Å². The molecular formula is C17H16N2OS2. The minimum atomic E-state index is 0.0213. The standard InChI is InChI=1S/C17H16N2OS2/c1-3-10-19-16(20)15-13(18-17(19)21-4-2)11-14(22-15)12-8-6-5-7-9-12/h3,5-9,11H,1,4,10H2,2H3. The summed E-state index contributed by atoms with van der Waals surface area (Å²) in [7, 11) is 0. The molecule has 0 aliphatic heterocycles. The fourth-order valence-electron chi connectivity index (χ4n) is 2.26. The lowest BCUT2D eigenvalue weighted by Gasteiger charge is -2.08. The van der Waals surface area contributed by atoms with Gasteiger partial charge in [-0.05, 0) is 17.4 Å². The number of allylic oxidation sites excluding steroid dienone is 1. The third-order valence-electron chi connectivity index (χ3n) is 3.24. The predicted molar refractivity (Wildman–Crippen MR) is 95.9 cm³/mol. The number of thioether (sulfide) groups is 1. The second-order valence-electron chi connectivity index (χ2n) is 4.72. The van der Waals surface area contributed by atoms with Crippen molar-refractivity contribution in [1.29, 1.82) is 0 Å². The van der Waals surface area contributed by atoms with Gasteiger partial charge in [-0.3, -0.25) is 9.36 Å². The number of hydrogen-bond acceptors (Lipinski definition) is 4. The summed E-state index contributed by atoms with van der Waals surface area (Å²) >= 11 is 3.09. The van der Waals surface area contributed by atoms with Gasteiger partial charge in [-0.15, -0.1) is 17.9 Å². The maximum absolute atomic E-state index is 12.7. The summed E-state index contributed by atoms with van der Waals surface area (Å²) in [5.41, 5.74) is 1.92. The van der Waals surface area contributed by atoms with E-state index in [1.165, 1.54) is 11.3 Å². The Labute approximate surface area is 137 Å². The topological polar surface area (TPSA) is 34.9 Å². The normalized spacial score (nSPS) is 11.0. The Balaban J connectivity index is 2.21. The van der Waals surface area contributed by atoms with Crippen LogP contribution in [0.1, 0.15) is 6.92 Å². The second-order valence-corrected chi connectivity index (χ2v) is 7.01. The molecule has 0 fully saturated rings. The third-order valence-corrected chi connectivity index (χ3v) is 5.26. The predicted octanol–water partition coefficient (Wildman–Crippen LogP) is 4.42. The van der Waals surface area contributed by atoms with E-state index in [2.05, 4.69) is 30.6 Å². The zero-order chi connectivity index (χ0) is 15.5. The minimum absolute atomic E-state index is 0.0213. The smallest absolute Gasteiger partial charge is 0.272 e. The molecule has 3 aromatic rings. The number of rotatable bonds is 5. The van der Waals surface area contributed by atoms with Crippen LogP contribution in [0.4, 0.5) is 0 Å². The van der Waals surface area contributed by atoms with Gasteiger partial charge in [0.1, 0.15) is 4.70 Å². The molecular weight excluding hydrogens is 312 g/mol. The van der Waals surface area contributed by atoms with Gasteiger partial charge in [0.25, 0.3) is 5.56 Å². The highest BCUT2D eigenvalue weighted by Gasteiger charge is 2.14. The molecule has 0 unspecified atom stereocenters. The van der Waals surface area contributed by atoms with Crippen molar-refractivity contribution in [1.82, 2.24) is 9.55 Å². The van der Waals surface area contributed by atoms with Crippen molar-refractivity contribution in [2.45, 2.75) is 18.6 Å². The van der Waals surface area contributed by atoms with Crippen molar-refractivity contribution in [2.75, 3.05) is 5.75 Å². The summed E-state index contributed by atoms with van der Waals surface area (Å²) in [6.45, 7) is 6.28. The molecule has 0 atom stereocenters. The van der Waals surface area contributed by atoms with E-state index in [-0.39, 0.29) is 5.56 Å². The van der Waals surface area contributed by atoms with Crippen molar-refractivity contribution in [2.24, 2.45) is 0 Å². The molecule has 0 saturated heterocycles. The van der Waals surface area contributed by atoms with Crippen molar-refractivity contribution in [3.63, 3.8) is 0 Å². The molecule has 5 heteroatoms. The Morgan fingerprint density at radius 1 is 1.36 bits per heavy atom. The van der Waals surface area contributed by atoms with Crippen molar-refractivity contribution in [3.05, 3.63) is 59.4 Å². The fraction of sp³-hybridized carbons (Fsp3) is 0.176. The van der Waals surface area contributed by atoms with E-state index in [4.69, 9.17) is 0 Å². The van der Waals surface area contributed by atoms with Gasteiger partial charge in [0, 0.05) is 11.4 Å². The average Bonchev–Trinajstić information content (AvgIpc) is 2.97. The lowest BCUT2D eigenvalue weighted by Crippen LogP contribution is -2.21. The molecule has 112 valence electrons. The molecule has 0 aliphatic rings. The van der Waals surface area contributed by atoms with Crippen LogP contribution in [0, 0.1) is 0 Å². The molecule has 0 saturated carbocycles. The third kappa shape index (κ3) is 2.74. The Morgan fingerprint density at radius 3 is 2.82 bits per heavy atom. The van der Waals surface area contributed by atoms with E-state index in [1.807, 2.05) is 24.3 Å². The summed E-state index contributed by atoms with van der Waals surface area (Å²) in [4.78, 5) is 18.5. The first-order valence-corrected chi connectivity index (χ1v) is 8.88. The van der Waals surface area contributed by atoms with Gasteiger partial charge in [-0.2, -0.15) is 0 Å². The summed E-state index contributed by atoms with van der Waals surface area (Å²) < 4.78 is 2.41. The SMILES string of the molecule is C=CCn1c(SCC)nc2cc(-c3ccccc3)sc2c1=O. The average molecular weight is 328 g/mol. The molecule has 3 rings (SSSR count). The zero-order valence-electron chi connectivity index (χ0n) is 12.3. The van der Waals surface area contributed by atoms with Crippen LogP contribution >= 0.6 is 23.1 Å². The van der Waals surface area contributed by atoms with Gasteiger partial charge in [0.15, 0.2) is 5.16 Å². The van der Waals surface area contributed by atoms with Crippen LogP contribution in [0.25, 0.3) is 20.7 Å².